The Morgan fingerprint density at radius 1 is 1.21 bits per heavy atom. The van der Waals surface area contributed by atoms with Crippen LogP contribution in [0.15, 0.2) is 23.2 Å². The first-order chi connectivity index (χ1) is 13.4. The molecule has 1 heterocycles. The molecule has 0 spiro atoms. The molecule has 1 aliphatic heterocycles. The van der Waals surface area contributed by atoms with Crippen molar-refractivity contribution in [1.82, 2.24) is 20.0 Å². The third-order valence-corrected chi connectivity index (χ3v) is 4.96. The average Bonchev–Trinajstić information content (AvgIpc) is 2.67. The maximum Gasteiger partial charge on any atom is 0.243 e. The Bertz CT molecular complexity index is 693. The van der Waals surface area contributed by atoms with Gasteiger partial charge in [0.05, 0.1) is 0 Å². The number of carbonyl (C=O) groups excluding carboxylic acids is 1. The summed E-state index contributed by atoms with van der Waals surface area (Å²) < 4.78 is 27.5. The Morgan fingerprint density at radius 2 is 1.86 bits per heavy atom. The van der Waals surface area contributed by atoms with Crippen LogP contribution >= 0.6 is 24.0 Å². The van der Waals surface area contributed by atoms with E-state index in [9.17, 15) is 13.6 Å². The number of likely N-dealkylation sites (N-methyl/N-ethyl adjacent to an activating group) is 1. The second kappa shape index (κ2) is 12.3. The Morgan fingerprint density at radius 3 is 2.38 bits per heavy atom. The van der Waals surface area contributed by atoms with E-state index < -0.39 is 11.6 Å². The zero-order chi connectivity index (χ0) is 20.7. The van der Waals surface area contributed by atoms with Crippen molar-refractivity contribution in [2.75, 3.05) is 53.4 Å². The number of nitrogens with one attached hydrogen (secondary N) is 1. The summed E-state index contributed by atoms with van der Waals surface area (Å²) in [6, 6.07) is 3.72. The Hall–Kier alpha value is -1.49. The van der Waals surface area contributed by atoms with E-state index in [0.717, 1.165) is 44.6 Å². The van der Waals surface area contributed by atoms with Crippen LogP contribution in [0.5, 0.6) is 0 Å². The molecule has 1 aromatic rings. The molecule has 0 radical (unpaired) electrons. The van der Waals surface area contributed by atoms with Crippen molar-refractivity contribution in [2.24, 2.45) is 4.99 Å². The number of piperazine rings is 1. The van der Waals surface area contributed by atoms with Gasteiger partial charge in [0, 0.05) is 64.5 Å². The molecule has 1 N–H and O–H groups in total. The smallest absolute Gasteiger partial charge is 0.243 e. The Labute approximate surface area is 189 Å². The highest BCUT2D eigenvalue weighted by molar-refractivity contribution is 14.0. The number of carbonyl (C=O) groups is 1. The normalized spacial score (nSPS) is 16.2. The minimum atomic E-state index is -0.556. The van der Waals surface area contributed by atoms with E-state index in [4.69, 9.17) is 0 Å². The van der Waals surface area contributed by atoms with Gasteiger partial charge >= 0.3 is 0 Å². The number of benzene rings is 1. The number of halogens is 3. The zero-order valence-electron chi connectivity index (χ0n) is 17.6. The first-order valence-corrected chi connectivity index (χ1v) is 9.79. The molecule has 1 aliphatic rings. The number of aliphatic imine (C=N–C) groups is 1. The summed E-state index contributed by atoms with van der Waals surface area (Å²) in [7, 11) is 3.42. The number of guanidine groups is 1. The minimum Gasteiger partial charge on any atom is -0.357 e. The number of nitrogens with zero attached hydrogens (tertiary/aromatic N) is 4. The predicted octanol–water partition coefficient (Wildman–Crippen LogP) is 2.71. The molecule has 9 heteroatoms. The highest BCUT2D eigenvalue weighted by atomic mass is 127. The molecular weight excluding hydrogens is 491 g/mol. The third kappa shape index (κ3) is 7.06. The van der Waals surface area contributed by atoms with E-state index in [0.29, 0.717) is 12.1 Å². The molecule has 1 saturated heterocycles. The highest BCUT2D eigenvalue weighted by Gasteiger charge is 2.27. The summed E-state index contributed by atoms with van der Waals surface area (Å²) >= 11 is 0. The third-order valence-electron chi connectivity index (χ3n) is 4.96. The summed E-state index contributed by atoms with van der Waals surface area (Å²) in [4.78, 5) is 22.1. The van der Waals surface area contributed by atoms with Crippen molar-refractivity contribution in [3.05, 3.63) is 35.4 Å². The van der Waals surface area contributed by atoms with E-state index in [1.807, 2.05) is 13.8 Å². The number of rotatable bonds is 6. The van der Waals surface area contributed by atoms with Crippen molar-refractivity contribution in [2.45, 2.75) is 26.3 Å². The maximum absolute atomic E-state index is 14.2. The van der Waals surface area contributed by atoms with Crippen LogP contribution in [0.25, 0.3) is 0 Å². The number of hydrogen-bond acceptors (Lipinski definition) is 3. The molecule has 2 rings (SSSR count). The second-order valence-electron chi connectivity index (χ2n) is 7.07. The van der Waals surface area contributed by atoms with E-state index >= 15 is 0 Å². The fourth-order valence-corrected chi connectivity index (χ4v) is 3.40. The van der Waals surface area contributed by atoms with Gasteiger partial charge in [-0.3, -0.25) is 9.69 Å². The van der Waals surface area contributed by atoms with Gasteiger partial charge in [-0.1, -0.05) is 13.0 Å². The van der Waals surface area contributed by atoms with Crippen LogP contribution in [0, 0.1) is 11.6 Å². The van der Waals surface area contributed by atoms with Crippen LogP contribution in [0.4, 0.5) is 8.78 Å². The van der Waals surface area contributed by atoms with Crippen LogP contribution < -0.4 is 5.32 Å². The van der Waals surface area contributed by atoms with Crippen molar-refractivity contribution < 1.29 is 13.6 Å². The number of amides is 1. The monoisotopic (exact) mass is 523 g/mol. The van der Waals surface area contributed by atoms with Crippen molar-refractivity contribution >= 4 is 35.8 Å². The lowest BCUT2D eigenvalue weighted by molar-refractivity contribution is -0.127. The van der Waals surface area contributed by atoms with Crippen LogP contribution in [-0.4, -0.2) is 79.9 Å². The second-order valence-corrected chi connectivity index (χ2v) is 7.07. The van der Waals surface area contributed by atoms with E-state index in [1.165, 1.54) is 11.0 Å². The first-order valence-electron chi connectivity index (χ1n) is 9.79. The molecule has 29 heavy (non-hydrogen) atoms. The quantitative estimate of drug-likeness (QED) is 0.354. The van der Waals surface area contributed by atoms with Gasteiger partial charge in [0.15, 0.2) is 5.96 Å². The van der Waals surface area contributed by atoms with E-state index in [2.05, 4.69) is 20.1 Å². The molecule has 1 atom stereocenters. The Balaban J connectivity index is 0.00000420. The van der Waals surface area contributed by atoms with Gasteiger partial charge in [0.25, 0.3) is 0 Å². The zero-order valence-corrected chi connectivity index (χ0v) is 20.0. The lowest BCUT2D eigenvalue weighted by Gasteiger charge is -2.40. The van der Waals surface area contributed by atoms with Gasteiger partial charge in [0.1, 0.15) is 18.2 Å². The SMILES string of the molecule is CCNC(=NCC(=O)N(C)C)N1CCN(C(CC)c2ccc(F)cc2F)CC1.I. The molecule has 1 unspecified atom stereocenters. The highest BCUT2D eigenvalue weighted by Crippen LogP contribution is 2.28. The largest absolute Gasteiger partial charge is 0.357 e. The van der Waals surface area contributed by atoms with Crippen molar-refractivity contribution in [3.63, 3.8) is 0 Å². The van der Waals surface area contributed by atoms with Gasteiger partial charge < -0.3 is 15.1 Å². The van der Waals surface area contributed by atoms with Gasteiger partial charge in [0.2, 0.25) is 5.91 Å². The molecule has 164 valence electrons. The summed E-state index contributed by atoms with van der Waals surface area (Å²) in [6.45, 7) is 7.75. The van der Waals surface area contributed by atoms with E-state index in [-0.39, 0.29) is 42.5 Å². The molecule has 1 aromatic carbocycles. The minimum absolute atomic E-state index is 0. The first kappa shape index (κ1) is 25.5. The Kier molecular flexibility index (Phi) is 10.8. The summed E-state index contributed by atoms with van der Waals surface area (Å²) in [5.74, 6) is -0.378. The molecule has 6 nitrogen and oxygen atoms in total. The summed E-state index contributed by atoms with van der Waals surface area (Å²) in [6.07, 6.45) is 0.744. The van der Waals surface area contributed by atoms with Crippen LogP contribution in [-0.2, 0) is 4.79 Å². The fourth-order valence-electron chi connectivity index (χ4n) is 3.40. The lowest BCUT2D eigenvalue weighted by atomic mass is 10.0. The van der Waals surface area contributed by atoms with Crippen molar-refractivity contribution in [3.8, 4) is 0 Å². The molecule has 0 bridgehead atoms. The number of hydrogen-bond donors (Lipinski definition) is 1. The topological polar surface area (TPSA) is 51.2 Å². The van der Waals surface area contributed by atoms with Gasteiger partial charge in [-0.05, 0) is 19.4 Å². The van der Waals surface area contributed by atoms with Crippen LogP contribution in [0.1, 0.15) is 31.9 Å². The molecule has 1 fully saturated rings. The van der Waals surface area contributed by atoms with Gasteiger partial charge in [-0.15, -0.1) is 24.0 Å². The molecular formula is C20H32F2IN5O. The molecule has 0 aliphatic carbocycles. The molecule has 1 amide bonds. The van der Waals surface area contributed by atoms with Crippen molar-refractivity contribution in [1.29, 1.82) is 0 Å². The fraction of sp³-hybridized carbons (Fsp3) is 0.600. The van der Waals surface area contributed by atoms with E-state index in [1.54, 1.807) is 20.2 Å². The van der Waals surface area contributed by atoms with Gasteiger partial charge in [-0.25, -0.2) is 13.8 Å². The van der Waals surface area contributed by atoms with Crippen LogP contribution in [0.3, 0.4) is 0 Å². The predicted molar refractivity (Wildman–Crippen MR) is 123 cm³/mol. The molecule has 0 saturated carbocycles. The standard InChI is InChI=1S/C20H31F2N5O.HI/c1-5-18(16-8-7-15(21)13-17(16)22)26-9-11-27(12-10-26)20(23-6-2)24-14-19(28)25(3)4;/h7-8,13,18H,5-6,9-12,14H2,1-4H3,(H,23,24);1H. The summed E-state index contributed by atoms with van der Waals surface area (Å²) in [5, 5.41) is 3.24. The molecule has 0 aromatic heterocycles. The summed E-state index contributed by atoms with van der Waals surface area (Å²) in [5.41, 5.74) is 0.537. The van der Waals surface area contributed by atoms with Crippen LogP contribution in [0.2, 0.25) is 0 Å². The average molecular weight is 523 g/mol. The van der Waals surface area contributed by atoms with Gasteiger partial charge in [-0.2, -0.15) is 0 Å². The lowest BCUT2D eigenvalue weighted by Crippen LogP contribution is -2.53. The maximum atomic E-state index is 14.2.